The van der Waals surface area contributed by atoms with E-state index in [9.17, 15) is 0 Å². The van der Waals surface area contributed by atoms with Crippen LogP contribution in [0, 0.1) is 0 Å². The van der Waals surface area contributed by atoms with Gasteiger partial charge in [0.1, 0.15) is 11.2 Å². The molecule has 306 valence electrons. The molecule has 0 amide bonds. The Bertz CT molecular complexity index is 3450. The van der Waals surface area contributed by atoms with Crippen molar-refractivity contribution in [2.24, 2.45) is 0 Å². The van der Waals surface area contributed by atoms with Crippen molar-refractivity contribution in [1.82, 2.24) is 0 Å². The Morgan fingerprint density at radius 2 is 1.19 bits per heavy atom. The fraction of sp³-hybridized carbons (Fsp3) is 0.129. The standard InChI is InChI=1S/C62H47NO/c1-62(2)54-26-13-11-22-45(54)48-33-32-47-44-21-10-9-20-42(44)35-51(58(47)59(48)62)49-24-15-25-50-57-53(36-43(37-56(57)64-61(49)50)40-18-7-4-8-19-40)60-52(46-23-12-14-27-55(46)63-60)34-38-28-30-41(31-29-38)39-16-5-3-6-17-39/h3-33,36-37,51-52,60,63H,34-35H2,1-2H3. The number of nitrogens with one attached hydrogen (secondary N) is 1. The monoisotopic (exact) mass is 821 g/mol. The molecule has 2 nitrogen and oxygen atoms in total. The molecule has 1 aliphatic heterocycles. The molecular formula is C62H47NO. The highest BCUT2D eigenvalue weighted by Gasteiger charge is 2.42. The van der Waals surface area contributed by atoms with Gasteiger partial charge in [0.15, 0.2) is 0 Å². The lowest BCUT2D eigenvalue weighted by molar-refractivity contribution is 0.618. The Hall–Kier alpha value is -7.42. The molecule has 64 heavy (non-hydrogen) atoms. The summed E-state index contributed by atoms with van der Waals surface area (Å²) in [6, 6.07) is 74.2. The maximum absolute atomic E-state index is 7.39. The fourth-order valence-electron chi connectivity index (χ4n) is 12.0. The number of benzene rings is 9. The van der Waals surface area contributed by atoms with Gasteiger partial charge in [-0.25, -0.2) is 0 Å². The Labute approximate surface area is 374 Å². The normalized spacial score (nSPS) is 17.6. The molecule has 3 atom stereocenters. The van der Waals surface area contributed by atoms with Gasteiger partial charge in [0, 0.05) is 39.3 Å². The predicted molar refractivity (Wildman–Crippen MR) is 265 cm³/mol. The molecule has 0 bridgehead atoms. The number of hydrogen-bond acceptors (Lipinski definition) is 2. The van der Waals surface area contributed by atoms with Gasteiger partial charge in [-0.2, -0.15) is 0 Å². The van der Waals surface area contributed by atoms with Gasteiger partial charge >= 0.3 is 0 Å². The van der Waals surface area contributed by atoms with E-state index in [1.54, 1.807) is 0 Å². The largest absolute Gasteiger partial charge is 0.456 e. The molecule has 0 saturated carbocycles. The molecule has 1 N–H and O–H groups in total. The molecular weight excluding hydrogens is 775 g/mol. The zero-order chi connectivity index (χ0) is 42.5. The average molecular weight is 822 g/mol. The van der Waals surface area contributed by atoms with Crippen LogP contribution in [0.3, 0.4) is 0 Å². The SMILES string of the molecule is CC1(C)c2ccccc2-c2ccc3c(c21)C(c1cccc2c1oc1cc(-c4ccccc4)cc(C4Nc5ccccc5C4Cc4ccc(-c5ccccc5)cc4)c12)Cc1ccccc1-3. The number of furan rings is 1. The number of hydrogen-bond donors (Lipinski definition) is 1. The van der Waals surface area contributed by atoms with Crippen molar-refractivity contribution in [3.63, 3.8) is 0 Å². The van der Waals surface area contributed by atoms with Gasteiger partial charge in [-0.3, -0.25) is 0 Å². The van der Waals surface area contributed by atoms with E-state index in [1.165, 1.54) is 105 Å². The molecule has 2 aliphatic carbocycles. The summed E-state index contributed by atoms with van der Waals surface area (Å²) in [5, 5.41) is 6.47. The summed E-state index contributed by atoms with van der Waals surface area (Å²) in [6.45, 7) is 4.85. The summed E-state index contributed by atoms with van der Waals surface area (Å²) in [5.41, 5.74) is 24.2. The van der Waals surface area contributed by atoms with Crippen LogP contribution in [0.25, 0.3) is 66.4 Å². The minimum Gasteiger partial charge on any atom is -0.456 e. The van der Waals surface area contributed by atoms with Crippen LogP contribution in [0.5, 0.6) is 0 Å². The van der Waals surface area contributed by atoms with Crippen LogP contribution in [-0.4, -0.2) is 0 Å². The number of para-hydroxylation sites is 2. The van der Waals surface area contributed by atoms with E-state index in [1.807, 2.05) is 0 Å². The van der Waals surface area contributed by atoms with Crippen molar-refractivity contribution in [1.29, 1.82) is 0 Å². The smallest absolute Gasteiger partial charge is 0.139 e. The van der Waals surface area contributed by atoms with E-state index in [-0.39, 0.29) is 23.3 Å². The topological polar surface area (TPSA) is 25.2 Å². The highest BCUT2D eigenvalue weighted by molar-refractivity contribution is 6.10. The minimum atomic E-state index is -0.151. The third-order valence-electron chi connectivity index (χ3n) is 14.9. The van der Waals surface area contributed by atoms with Crippen molar-refractivity contribution in [2.75, 3.05) is 5.32 Å². The fourth-order valence-corrected chi connectivity index (χ4v) is 12.0. The van der Waals surface area contributed by atoms with Crippen molar-refractivity contribution in [3.8, 4) is 44.5 Å². The van der Waals surface area contributed by atoms with Gasteiger partial charge in [-0.05, 0) is 114 Å². The Kier molecular flexibility index (Phi) is 8.31. The van der Waals surface area contributed by atoms with E-state index >= 15 is 0 Å². The summed E-state index contributed by atoms with van der Waals surface area (Å²) >= 11 is 0. The second kappa shape index (κ2) is 14.3. The van der Waals surface area contributed by atoms with Crippen molar-refractivity contribution in [2.45, 2.75) is 50.0 Å². The van der Waals surface area contributed by atoms with Crippen LogP contribution < -0.4 is 5.32 Å². The minimum absolute atomic E-state index is 0.0201. The first-order valence-corrected chi connectivity index (χ1v) is 22.9. The van der Waals surface area contributed by atoms with Gasteiger partial charge in [-0.15, -0.1) is 0 Å². The lowest BCUT2D eigenvalue weighted by Gasteiger charge is -2.34. The van der Waals surface area contributed by atoms with Gasteiger partial charge in [0.25, 0.3) is 0 Å². The van der Waals surface area contributed by atoms with E-state index < -0.39 is 0 Å². The molecule has 3 aliphatic rings. The molecule has 0 radical (unpaired) electrons. The highest BCUT2D eigenvalue weighted by Crippen LogP contribution is 2.57. The van der Waals surface area contributed by atoms with Crippen LogP contribution in [0.1, 0.15) is 76.2 Å². The molecule has 1 aromatic heterocycles. The molecule has 0 spiro atoms. The number of anilines is 1. The lowest BCUT2D eigenvalue weighted by atomic mass is 9.69. The average Bonchev–Trinajstić information content (AvgIpc) is 3.99. The predicted octanol–water partition coefficient (Wildman–Crippen LogP) is 16.1. The number of fused-ring (bicyclic) bond motifs is 11. The molecule has 0 saturated heterocycles. The Morgan fingerprint density at radius 3 is 2.00 bits per heavy atom. The second-order valence-electron chi connectivity index (χ2n) is 18.7. The molecule has 9 aromatic carbocycles. The van der Waals surface area contributed by atoms with E-state index in [0.717, 1.165) is 24.0 Å². The summed E-state index contributed by atoms with van der Waals surface area (Å²) in [6.07, 6.45) is 1.82. The maximum Gasteiger partial charge on any atom is 0.139 e. The van der Waals surface area contributed by atoms with Crippen LogP contribution in [0.2, 0.25) is 0 Å². The van der Waals surface area contributed by atoms with Crippen LogP contribution in [0.4, 0.5) is 5.69 Å². The first-order valence-electron chi connectivity index (χ1n) is 22.9. The molecule has 3 unspecified atom stereocenters. The first-order chi connectivity index (χ1) is 31.5. The zero-order valence-electron chi connectivity index (χ0n) is 36.1. The van der Waals surface area contributed by atoms with Crippen molar-refractivity contribution < 1.29 is 4.42 Å². The Balaban J connectivity index is 1.01. The van der Waals surface area contributed by atoms with Crippen molar-refractivity contribution >= 4 is 27.6 Å². The highest BCUT2D eigenvalue weighted by atomic mass is 16.3. The molecule has 2 heteroatoms. The van der Waals surface area contributed by atoms with Gasteiger partial charge in [0.05, 0.1) is 6.04 Å². The second-order valence-corrected chi connectivity index (χ2v) is 18.7. The molecule has 10 aromatic rings. The third-order valence-corrected chi connectivity index (χ3v) is 14.9. The summed E-state index contributed by atoms with van der Waals surface area (Å²) in [5.74, 6) is 0.310. The van der Waals surface area contributed by atoms with Gasteiger partial charge in [0.2, 0.25) is 0 Å². The van der Waals surface area contributed by atoms with Crippen LogP contribution in [0.15, 0.2) is 205 Å². The van der Waals surface area contributed by atoms with Crippen LogP contribution >= 0.6 is 0 Å². The lowest BCUT2D eigenvalue weighted by Crippen LogP contribution is -2.22. The van der Waals surface area contributed by atoms with E-state index in [4.69, 9.17) is 4.42 Å². The maximum atomic E-state index is 7.39. The number of rotatable bonds is 6. The third kappa shape index (κ3) is 5.65. The molecule has 0 fully saturated rings. The van der Waals surface area contributed by atoms with E-state index in [0.29, 0.717) is 0 Å². The molecule has 2 heterocycles. The van der Waals surface area contributed by atoms with Gasteiger partial charge in [-0.1, -0.05) is 196 Å². The first kappa shape index (κ1) is 37.2. The van der Waals surface area contributed by atoms with Crippen LogP contribution in [-0.2, 0) is 18.3 Å². The quantitative estimate of drug-likeness (QED) is 0.181. The van der Waals surface area contributed by atoms with E-state index in [2.05, 4.69) is 219 Å². The van der Waals surface area contributed by atoms with Crippen molar-refractivity contribution in [3.05, 3.63) is 245 Å². The summed E-state index contributed by atoms with van der Waals surface area (Å²) in [7, 11) is 0. The zero-order valence-corrected chi connectivity index (χ0v) is 36.1. The summed E-state index contributed by atoms with van der Waals surface area (Å²) in [4.78, 5) is 0. The summed E-state index contributed by atoms with van der Waals surface area (Å²) < 4.78 is 7.39. The molecule has 13 rings (SSSR count). The van der Waals surface area contributed by atoms with Gasteiger partial charge < -0.3 is 9.73 Å². The Morgan fingerprint density at radius 1 is 0.531 bits per heavy atom.